The van der Waals surface area contributed by atoms with Crippen molar-refractivity contribution in [2.75, 3.05) is 0 Å². The Kier molecular flexibility index (Phi) is 5.65. The van der Waals surface area contributed by atoms with Crippen LogP contribution in [0.4, 0.5) is 11.4 Å². The van der Waals surface area contributed by atoms with Crippen LogP contribution in [0.2, 0.25) is 0 Å². The van der Waals surface area contributed by atoms with Crippen LogP contribution in [0, 0.1) is 0 Å². The summed E-state index contributed by atoms with van der Waals surface area (Å²) in [5, 5.41) is 0. The molecule has 0 bridgehead atoms. The molecular weight excluding hydrogens is 288 g/mol. The molecule has 4 nitrogen and oxygen atoms in total. The molecule has 23 heavy (non-hydrogen) atoms. The number of hydrogen-bond donors (Lipinski definition) is 0. The van der Waals surface area contributed by atoms with Gasteiger partial charge in [0, 0.05) is 5.56 Å². The Hall–Kier alpha value is -2.02. The summed E-state index contributed by atoms with van der Waals surface area (Å²) >= 11 is 0. The van der Waals surface area contributed by atoms with Gasteiger partial charge in [-0.05, 0) is 48.3 Å². The number of benzene rings is 1. The van der Waals surface area contributed by atoms with E-state index >= 15 is 0 Å². The van der Waals surface area contributed by atoms with Gasteiger partial charge in [0.25, 0.3) is 0 Å². The zero-order chi connectivity index (χ0) is 16.9. The number of rotatable bonds is 7. The lowest BCUT2D eigenvalue weighted by Crippen LogP contribution is -2.13. The maximum atomic E-state index is 11.0. The fourth-order valence-electron chi connectivity index (χ4n) is 3.57. The SMILES string of the molecule is CCCCCCc1c(N=C=O)cc2c(c1N=C=O)C(C)(C)CC2. The van der Waals surface area contributed by atoms with Crippen molar-refractivity contribution in [3.05, 3.63) is 22.8 Å². The summed E-state index contributed by atoms with van der Waals surface area (Å²) in [6, 6.07) is 1.98. The molecule has 1 aliphatic rings. The van der Waals surface area contributed by atoms with E-state index in [4.69, 9.17) is 0 Å². The summed E-state index contributed by atoms with van der Waals surface area (Å²) in [6.45, 7) is 6.51. The molecule has 0 atom stereocenters. The smallest absolute Gasteiger partial charge is 0.211 e. The van der Waals surface area contributed by atoms with Gasteiger partial charge in [0.05, 0.1) is 11.4 Å². The molecule has 0 radical (unpaired) electrons. The lowest BCUT2D eigenvalue weighted by Gasteiger charge is -2.22. The molecular formula is C19H24N2O2. The van der Waals surface area contributed by atoms with Crippen LogP contribution in [-0.2, 0) is 27.8 Å². The Morgan fingerprint density at radius 2 is 1.87 bits per heavy atom. The van der Waals surface area contributed by atoms with Gasteiger partial charge in [-0.2, -0.15) is 9.98 Å². The number of nitrogens with zero attached hydrogens (tertiary/aromatic N) is 2. The van der Waals surface area contributed by atoms with Crippen molar-refractivity contribution in [3.8, 4) is 0 Å². The molecule has 0 saturated carbocycles. The molecule has 0 N–H and O–H groups in total. The van der Waals surface area contributed by atoms with Gasteiger partial charge in [-0.15, -0.1) is 0 Å². The molecule has 0 heterocycles. The molecule has 0 spiro atoms. The minimum atomic E-state index is -0.0212. The van der Waals surface area contributed by atoms with Crippen LogP contribution < -0.4 is 0 Å². The lowest BCUT2D eigenvalue weighted by molar-refractivity contribution is 0.522. The van der Waals surface area contributed by atoms with Crippen LogP contribution in [0.3, 0.4) is 0 Å². The Bertz CT molecular complexity index is 679. The first kappa shape index (κ1) is 17.3. The van der Waals surface area contributed by atoms with E-state index in [1.54, 1.807) is 12.2 Å². The standard InChI is InChI=1S/C19H24N2O2/c1-4-5-6-7-8-15-16(20-12-22)11-14-9-10-19(2,3)17(14)18(15)21-13-23/h11H,4-10H2,1-3H3. The number of isocyanates is 2. The van der Waals surface area contributed by atoms with Crippen LogP contribution in [0.1, 0.15) is 69.6 Å². The van der Waals surface area contributed by atoms with E-state index in [-0.39, 0.29) is 5.41 Å². The summed E-state index contributed by atoms with van der Waals surface area (Å²) in [4.78, 5) is 29.7. The van der Waals surface area contributed by atoms with Gasteiger partial charge in [0.2, 0.25) is 12.2 Å². The maximum Gasteiger partial charge on any atom is 0.240 e. The highest BCUT2D eigenvalue weighted by Crippen LogP contribution is 2.48. The van der Waals surface area contributed by atoms with Gasteiger partial charge in [0.15, 0.2) is 0 Å². The van der Waals surface area contributed by atoms with Crippen molar-refractivity contribution in [2.24, 2.45) is 9.98 Å². The predicted molar refractivity (Wildman–Crippen MR) is 91.2 cm³/mol. The third-order valence-electron chi connectivity index (χ3n) is 4.76. The summed E-state index contributed by atoms with van der Waals surface area (Å²) in [6.07, 6.45) is 10.5. The lowest BCUT2D eigenvalue weighted by atomic mass is 9.83. The Labute approximate surface area is 137 Å². The van der Waals surface area contributed by atoms with Crippen molar-refractivity contribution in [2.45, 2.75) is 71.1 Å². The predicted octanol–water partition coefficient (Wildman–Crippen LogP) is 4.97. The highest BCUT2D eigenvalue weighted by molar-refractivity contribution is 5.73. The third-order valence-corrected chi connectivity index (χ3v) is 4.76. The van der Waals surface area contributed by atoms with Crippen LogP contribution in [0.15, 0.2) is 16.1 Å². The van der Waals surface area contributed by atoms with E-state index in [0.717, 1.165) is 55.2 Å². The van der Waals surface area contributed by atoms with E-state index in [9.17, 15) is 9.59 Å². The highest BCUT2D eigenvalue weighted by Gasteiger charge is 2.34. The maximum absolute atomic E-state index is 11.0. The second-order valence-corrected chi connectivity index (χ2v) is 6.86. The van der Waals surface area contributed by atoms with Gasteiger partial charge >= 0.3 is 0 Å². The van der Waals surface area contributed by atoms with Crippen molar-refractivity contribution in [1.29, 1.82) is 0 Å². The molecule has 4 heteroatoms. The Balaban J connectivity index is 2.56. The molecule has 0 fully saturated rings. The zero-order valence-corrected chi connectivity index (χ0v) is 14.2. The number of aryl methyl sites for hydroxylation is 1. The monoisotopic (exact) mass is 312 g/mol. The molecule has 1 aromatic carbocycles. The van der Waals surface area contributed by atoms with Crippen molar-refractivity contribution in [3.63, 3.8) is 0 Å². The van der Waals surface area contributed by atoms with Crippen LogP contribution in [0.5, 0.6) is 0 Å². The number of unbranched alkanes of at least 4 members (excludes halogenated alkanes) is 3. The average molecular weight is 312 g/mol. The molecule has 0 aromatic heterocycles. The van der Waals surface area contributed by atoms with Gasteiger partial charge < -0.3 is 0 Å². The summed E-state index contributed by atoms with van der Waals surface area (Å²) in [7, 11) is 0. The first-order valence-corrected chi connectivity index (χ1v) is 8.40. The van der Waals surface area contributed by atoms with E-state index < -0.39 is 0 Å². The topological polar surface area (TPSA) is 58.9 Å². The van der Waals surface area contributed by atoms with E-state index in [1.807, 2.05) is 6.07 Å². The molecule has 0 amide bonds. The summed E-state index contributed by atoms with van der Waals surface area (Å²) in [5.74, 6) is 0. The van der Waals surface area contributed by atoms with Gasteiger partial charge in [-0.25, -0.2) is 9.59 Å². The van der Waals surface area contributed by atoms with Crippen molar-refractivity contribution >= 4 is 23.5 Å². The Morgan fingerprint density at radius 1 is 1.13 bits per heavy atom. The third kappa shape index (κ3) is 3.67. The van der Waals surface area contributed by atoms with Crippen LogP contribution >= 0.6 is 0 Å². The van der Waals surface area contributed by atoms with Gasteiger partial charge in [-0.1, -0.05) is 40.0 Å². The van der Waals surface area contributed by atoms with Crippen LogP contribution in [-0.4, -0.2) is 12.2 Å². The normalized spacial score (nSPS) is 14.7. The summed E-state index contributed by atoms with van der Waals surface area (Å²) < 4.78 is 0. The minimum absolute atomic E-state index is 0.0212. The van der Waals surface area contributed by atoms with E-state index in [1.165, 1.54) is 6.42 Å². The fraction of sp³-hybridized carbons (Fsp3) is 0.579. The first-order valence-electron chi connectivity index (χ1n) is 8.40. The van der Waals surface area contributed by atoms with Crippen molar-refractivity contribution in [1.82, 2.24) is 0 Å². The van der Waals surface area contributed by atoms with Gasteiger partial charge in [-0.3, -0.25) is 0 Å². The fourth-order valence-corrected chi connectivity index (χ4v) is 3.57. The summed E-state index contributed by atoms with van der Waals surface area (Å²) in [5.41, 5.74) is 4.42. The quantitative estimate of drug-likeness (QED) is 0.405. The number of aliphatic imine (C=N–C) groups is 2. The largest absolute Gasteiger partial charge is 0.240 e. The first-order chi connectivity index (χ1) is 11.0. The van der Waals surface area contributed by atoms with Gasteiger partial charge in [0.1, 0.15) is 0 Å². The van der Waals surface area contributed by atoms with Crippen molar-refractivity contribution < 1.29 is 9.59 Å². The Morgan fingerprint density at radius 3 is 2.52 bits per heavy atom. The number of fused-ring (bicyclic) bond motifs is 1. The zero-order valence-electron chi connectivity index (χ0n) is 14.2. The second kappa shape index (κ2) is 7.50. The molecule has 1 aliphatic carbocycles. The van der Waals surface area contributed by atoms with Crippen LogP contribution in [0.25, 0.3) is 0 Å². The van der Waals surface area contributed by atoms with E-state index in [2.05, 4.69) is 30.8 Å². The van der Waals surface area contributed by atoms with E-state index in [0.29, 0.717) is 11.4 Å². The second-order valence-electron chi connectivity index (χ2n) is 6.86. The minimum Gasteiger partial charge on any atom is -0.211 e. The highest BCUT2D eigenvalue weighted by atomic mass is 16.1. The molecule has 0 aliphatic heterocycles. The average Bonchev–Trinajstić information content (AvgIpc) is 2.81. The molecule has 0 unspecified atom stereocenters. The molecule has 1 aromatic rings. The molecule has 0 saturated heterocycles. The molecule has 2 rings (SSSR count). The molecule has 122 valence electrons. The number of hydrogen-bond acceptors (Lipinski definition) is 4. The number of carbonyl (C=O) groups excluding carboxylic acids is 2.